The SMILES string of the molecule is CC(C)(C)SC1CC(=O)N(CCOCCOCCOCCOCCC(=O)C(C)(C)C)C1=O. The molecule has 0 radical (unpaired) electrons. The maximum Gasteiger partial charge on any atom is 0.242 e. The van der Waals surface area contributed by atoms with Crippen LogP contribution in [0.3, 0.4) is 0 Å². The first-order chi connectivity index (χ1) is 14.9. The lowest BCUT2D eigenvalue weighted by atomic mass is 9.89. The van der Waals surface area contributed by atoms with Crippen LogP contribution in [0.4, 0.5) is 0 Å². The molecule has 1 heterocycles. The van der Waals surface area contributed by atoms with E-state index in [2.05, 4.69) is 0 Å². The van der Waals surface area contributed by atoms with Crippen molar-refractivity contribution < 1.29 is 33.3 Å². The van der Waals surface area contributed by atoms with Gasteiger partial charge in [0.25, 0.3) is 0 Å². The van der Waals surface area contributed by atoms with Crippen molar-refractivity contribution >= 4 is 29.4 Å². The van der Waals surface area contributed by atoms with Gasteiger partial charge in [-0.1, -0.05) is 41.5 Å². The molecule has 0 N–H and O–H groups in total. The van der Waals surface area contributed by atoms with Crippen LogP contribution in [-0.2, 0) is 33.3 Å². The van der Waals surface area contributed by atoms with Gasteiger partial charge in [-0.3, -0.25) is 19.3 Å². The van der Waals surface area contributed by atoms with Gasteiger partial charge in [-0.25, -0.2) is 0 Å². The van der Waals surface area contributed by atoms with Crippen molar-refractivity contribution in [2.45, 2.75) is 64.4 Å². The highest BCUT2D eigenvalue weighted by atomic mass is 32.2. The molecule has 32 heavy (non-hydrogen) atoms. The predicted molar refractivity (Wildman–Crippen MR) is 125 cm³/mol. The molecule has 0 aromatic carbocycles. The lowest BCUT2D eigenvalue weighted by molar-refractivity contribution is -0.139. The second-order valence-corrected chi connectivity index (χ2v) is 11.7. The Morgan fingerprint density at radius 1 is 0.844 bits per heavy atom. The van der Waals surface area contributed by atoms with E-state index in [-0.39, 0.29) is 46.0 Å². The Morgan fingerprint density at radius 2 is 1.31 bits per heavy atom. The molecule has 1 unspecified atom stereocenters. The Labute approximate surface area is 197 Å². The standard InChI is InChI=1S/C23H41NO7S/c1-22(2,3)19(25)7-9-28-11-13-30-15-16-31-14-12-29-10-8-24-20(26)17-18(21(24)27)32-23(4,5)6/h18H,7-17H2,1-6H3. The number of hydrogen-bond donors (Lipinski definition) is 0. The van der Waals surface area contributed by atoms with E-state index in [1.54, 1.807) is 0 Å². The smallest absolute Gasteiger partial charge is 0.242 e. The summed E-state index contributed by atoms with van der Waals surface area (Å²) in [6.07, 6.45) is 0.688. The van der Waals surface area contributed by atoms with Crippen LogP contribution in [0.15, 0.2) is 0 Å². The van der Waals surface area contributed by atoms with E-state index in [1.165, 1.54) is 16.7 Å². The predicted octanol–water partition coefficient (Wildman–Crippen LogP) is 2.72. The van der Waals surface area contributed by atoms with E-state index < -0.39 is 0 Å². The Bertz CT molecular complexity index is 598. The van der Waals surface area contributed by atoms with Crippen molar-refractivity contribution in [3.05, 3.63) is 0 Å². The first kappa shape index (κ1) is 29.0. The number of ketones is 1. The molecule has 1 aliphatic rings. The van der Waals surface area contributed by atoms with E-state index in [1.807, 2.05) is 41.5 Å². The van der Waals surface area contributed by atoms with Gasteiger partial charge in [0.05, 0.1) is 64.6 Å². The van der Waals surface area contributed by atoms with Crippen molar-refractivity contribution in [3.63, 3.8) is 0 Å². The van der Waals surface area contributed by atoms with Crippen molar-refractivity contribution in [2.75, 3.05) is 59.4 Å². The van der Waals surface area contributed by atoms with Gasteiger partial charge in [-0.2, -0.15) is 0 Å². The molecule has 0 bridgehead atoms. The zero-order valence-corrected chi connectivity index (χ0v) is 21.4. The highest BCUT2D eigenvalue weighted by Crippen LogP contribution is 2.34. The zero-order chi connectivity index (χ0) is 24.2. The van der Waals surface area contributed by atoms with Gasteiger partial charge in [-0.15, -0.1) is 11.8 Å². The van der Waals surface area contributed by atoms with Crippen LogP contribution in [0, 0.1) is 5.41 Å². The Hall–Kier alpha value is -1.00. The van der Waals surface area contributed by atoms with Gasteiger partial charge in [0, 0.05) is 23.0 Å². The summed E-state index contributed by atoms with van der Waals surface area (Å²) in [6, 6.07) is 0. The summed E-state index contributed by atoms with van der Waals surface area (Å²) in [6.45, 7) is 15.4. The molecule has 8 nitrogen and oxygen atoms in total. The third-order valence-electron chi connectivity index (χ3n) is 4.58. The molecule has 186 valence electrons. The number of ether oxygens (including phenoxy) is 4. The molecule has 0 spiro atoms. The van der Waals surface area contributed by atoms with Crippen molar-refractivity contribution in [1.29, 1.82) is 0 Å². The maximum atomic E-state index is 12.4. The number of thioether (sulfide) groups is 1. The van der Waals surface area contributed by atoms with Gasteiger partial charge in [0.1, 0.15) is 5.78 Å². The molecule has 1 saturated heterocycles. The van der Waals surface area contributed by atoms with Crippen LogP contribution in [0.25, 0.3) is 0 Å². The van der Waals surface area contributed by atoms with E-state index in [0.717, 1.165) is 0 Å². The maximum absolute atomic E-state index is 12.4. The van der Waals surface area contributed by atoms with Crippen LogP contribution in [0.5, 0.6) is 0 Å². The third kappa shape index (κ3) is 12.3. The summed E-state index contributed by atoms with van der Waals surface area (Å²) in [5.41, 5.74) is -0.321. The number of amides is 2. The summed E-state index contributed by atoms with van der Waals surface area (Å²) >= 11 is 1.54. The topological polar surface area (TPSA) is 91.4 Å². The van der Waals surface area contributed by atoms with Gasteiger partial charge in [0.2, 0.25) is 11.8 Å². The fraction of sp³-hybridized carbons (Fsp3) is 0.870. The molecular weight excluding hydrogens is 434 g/mol. The molecule has 1 atom stereocenters. The van der Waals surface area contributed by atoms with Crippen LogP contribution in [0.1, 0.15) is 54.4 Å². The second-order valence-electron chi connectivity index (χ2n) is 9.68. The van der Waals surface area contributed by atoms with E-state index in [9.17, 15) is 14.4 Å². The van der Waals surface area contributed by atoms with E-state index in [0.29, 0.717) is 59.3 Å². The molecule has 1 fully saturated rings. The summed E-state index contributed by atoms with van der Waals surface area (Å²) < 4.78 is 21.7. The number of rotatable bonds is 16. The molecule has 1 rings (SSSR count). The minimum absolute atomic E-state index is 0.0618. The highest BCUT2D eigenvalue weighted by Gasteiger charge is 2.40. The largest absolute Gasteiger partial charge is 0.379 e. The fourth-order valence-corrected chi connectivity index (χ4v) is 4.17. The molecule has 9 heteroatoms. The summed E-state index contributed by atoms with van der Waals surface area (Å²) in [5.74, 6) is -0.0494. The highest BCUT2D eigenvalue weighted by molar-refractivity contribution is 8.01. The zero-order valence-electron chi connectivity index (χ0n) is 20.6. The number of carbonyl (C=O) groups is 3. The lowest BCUT2D eigenvalue weighted by Gasteiger charge is -2.21. The van der Waals surface area contributed by atoms with Gasteiger partial charge >= 0.3 is 0 Å². The number of nitrogens with zero attached hydrogens (tertiary/aromatic N) is 1. The second kappa shape index (κ2) is 14.3. The van der Waals surface area contributed by atoms with Crippen molar-refractivity contribution in [2.24, 2.45) is 5.41 Å². The van der Waals surface area contributed by atoms with E-state index in [4.69, 9.17) is 18.9 Å². The molecule has 1 aliphatic heterocycles. The van der Waals surface area contributed by atoms with Crippen LogP contribution < -0.4 is 0 Å². The molecule has 2 amide bonds. The molecule has 0 aromatic rings. The Balaban J connectivity index is 1.94. The third-order valence-corrected chi connectivity index (χ3v) is 5.94. The molecule has 0 aliphatic carbocycles. The average Bonchev–Trinajstić information content (AvgIpc) is 2.92. The average molecular weight is 476 g/mol. The molecule has 0 saturated carbocycles. The first-order valence-corrected chi connectivity index (χ1v) is 12.2. The van der Waals surface area contributed by atoms with Crippen molar-refractivity contribution in [1.82, 2.24) is 4.90 Å². The quantitative estimate of drug-likeness (QED) is 0.249. The minimum atomic E-state index is -0.321. The number of imide groups is 1. The van der Waals surface area contributed by atoms with Gasteiger partial charge < -0.3 is 18.9 Å². The van der Waals surface area contributed by atoms with E-state index >= 15 is 0 Å². The van der Waals surface area contributed by atoms with Gasteiger partial charge in [-0.05, 0) is 0 Å². The first-order valence-electron chi connectivity index (χ1n) is 11.3. The molecular formula is C23H41NO7S. The lowest BCUT2D eigenvalue weighted by Crippen LogP contribution is -2.35. The summed E-state index contributed by atoms with van der Waals surface area (Å²) in [7, 11) is 0. The van der Waals surface area contributed by atoms with Gasteiger partial charge in [0.15, 0.2) is 0 Å². The Kier molecular flexibility index (Phi) is 13.0. The van der Waals surface area contributed by atoms with Crippen LogP contribution in [-0.4, -0.2) is 91.9 Å². The number of Topliss-reactive ketones (excluding diaryl/α,β-unsaturated/α-hetero) is 1. The molecule has 0 aromatic heterocycles. The van der Waals surface area contributed by atoms with Crippen LogP contribution >= 0.6 is 11.8 Å². The summed E-state index contributed by atoms with van der Waals surface area (Å²) in [4.78, 5) is 37.5. The number of carbonyl (C=O) groups excluding carboxylic acids is 3. The minimum Gasteiger partial charge on any atom is -0.379 e. The number of hydrogen-bond acceptors (Lipinski definition) is 8. The van der Waals surface area contributed by atoms with Crippen molar-refractivity contribution in [3.8, 4) is 0 Å². The fourth-order valence-electron chi connectivity index (χ4n) is 2.86. The van der Waals surface area contributed by atoms with Crippen LogP contribution in [0.2, 0.25) is 0 Å². The monoisotopic (exact) mass is 475 g/mol. The normalized spacial score (nSPS) is 17.4. The Morgan fingerprint density at radius 3 is 1.78 bits per heavy atom. The summed E-state index contributed by atoms with van der Waals surface area (Å²) in [5, 5.41) is -0.290. The number of likely N-dealkylation sites (tertiary alicyclic amines) is 1.